The molecule has 0 unspecified atom stereocenters. The van der Waals surface area contributed by atoms with Gasteiger partial charge in [0.2, 0.25) is 0 Å². The minimum absolute atomic E-state index is 0.690. The molecule has 0 saturated heterocycles. The molecule has 2 N–H and O–H groups in total. The number of rotatable bonds is 5. The van der Waals surface area contributed by atoms with Crippen molar-refractivity contribution in [1.82, 2.24) is 14.3 Å². The fraction of sp³-hybridized carbons (Fsp3) is 0.312. The highest BCUT2D eigenvalue weighted by Gasteiger charge is 2.08. The van der Waals surface area contributed by atoms with Crippen molar-refractivity contribution in [1.29, 1.82) is 0 Å². The molecule has 0 aliphatic rings. The first-order valence-corrected chi connectivity index (χ1v) is 7.03. The van der Waals surface area contributed by atoms with Gasteiger partial charge in [0.15, 0.2) is 0 Å². The fourth-order valence-corrected chi connectivity index (χ4v) is 2.74. The molecule has 0 radical (unpaired) electrons. The quantitative estimate of drug-likeness (QED) is 0.770. The Morgan fingerprint density at radius 3 is 2.75 bits per heavy atom. The monoisotopic (exact) mass is 268 g/mol. The van der Waals surface area contributed by atoms with Crippen LogP contribution in [0.1, 0.15) is 11.3 Å². The summed E-state index contributed by atoms with van der Waals surface area (Å²) >= 11 is 0. The van der Waals surface area contributed by atoms with Crippen molar-refractivity contribution < 1.29 is 0 Å². The molecular formula is C16H20N4. The Bertz CT molecular complexity index is 708. The molecule has 0 bridgehead atoms. The van der Waals surface area contributed by atoms with E-state index in [-0.39, 0.29) is 0 Å². The average molecular weight is 268 g/mol. The van der Waals surface area contributed by atoms with E-state index in [0.717, 1.165) is 19.4 Å². The van der Waals surface area contributed by atoms with E-state index >= 15 is 0 Å². The molecule has 0 aliphatic heterocycles. The Morgan fingerprint density at radius 2 is 2.00 bits per heavy atom. The largest absolute Gasteiger partial charge is 0.347 e. The van der Waals surface area contributed by atoms with Crippen LogP contribution in [0.4, 0.5) is 0 Å². The van der Waals surface area contributed by atoms with Crippen LogP contribution in [-0.4, -0.2) is 20.9 Å². The number of para-hydroxylation sites is 1. The van der Waals surface area contributed by atoms with E-state index in [1.807, 2.05) is 17.9 Å². The summed E-state index contributed by atoms with van der Waals surface area (Å²) in [7, 11) is 1.99. The third kappa shape index (κ3) is 2.34. The molecule has 104 valence electrons. The van der Waals surface area contributed by atoms with Crippen molar-refractivity contribution in [3.63, 3.8) is 0 Å². The zero-order valence-electron chi connectivity index (χ0n) is 11.8. The van der Waals surface area contributed by atoms with E-state index in [0.29, 0.717) is 6.54 Å². The number of nitrogens with zero attached hydrogens (tertiary/aromatic N) is 3. The van der Waals surface area contributed by atoms with Crippen LogP contribution in [0.3, 0.4) is 0 Å². The molecule has 0 fully saturated rings. The molecule has 2 heterocycles. The first-order chi connectivity index (χ1) is 9.79. The second-order valence-corrected chi connectivity index (χ2v) is 5.10. The van der Waals surface area contributed by atoms with Crippen molar-refractivity contribution in [3.05, 3.63) is 54.0 Å². The Morgan fingerprint density at radius 1 is 1.15 bits per heavy atom. The van der Waals surface area contributed by atoms with Crippen LogP contribution in [0, 0.1) is 0 Å². The van der Waals surface area contributed by atoms with Gasteiger partial charge < -0.3 is 10.3 Å². The number of aryl methyl sites for hydroxylation is 3. The van der Waals surface area contributed by atoms with Crippen molar-refractivity contribution in [2.75, 3.05) is 6.54 Å². The summed E-state index contributed by atoms with van der Waals surface area (Å²) in [4.78, 5) is 0. The van der Waals surface area contributed by atoms with Gasteiger partial charge >= 0.3 is 0 Å². The lowest BCUT2D eigenvalue weighted by Gasteiger charge is -2.05. The lowest BCUT2D eigenvalue weighted by Crippen LogP contribution is -2.05. The van der Waals surface area contributed by atoms with E-state index in [4.69, 9.17) is 5.73 Å². The molecule has 1 aromatic carbocycles. The topological polar surface area (TPSA) is 48.8 Å². The molecule has 0 amide bonds. The van der Waals surface area contributed by atoms with Crippen LogP contribution in [0.15, 0.2) is 42.7 Å². The van der Waals surface area contributed by atoms with E-state index in [1.54, 1.807) is 0 Å². The van der Waals surface area contributed by atoms with E-state index in [9.17, 15) is 0 Å². The molecule has 0 aliphatic carbocycles. The van der Waals surface area contributed by atoms with E-state index < -0.39 is 0 Å². The maximum atomic E-state index is 5.71. The van der Waals surface area contributed by atoms with Gasteiger partial charge in [0.25, 0.3) is 0 Å². The van der Waals surface area contributed by atoms with Gasteiger partial charge in [-0.1, -0.05) is 18.2 Å². The van der Waals surface area contributed by atoms with Crippen molar-refractivity contribution in [2.24, 2.45) is 12.8 Å². The second kappa shape index (κ2) is 5.51. The number of fused-ring (bicyclic) bond motifs is 1. The Labute approximate surface area is 118 Å². The van der Waals surface area contributed by atoms with Gasteiger partial charge in [-0.15, -0.1) is 0 Å². The Kier molecular flexibility index (Phi) is 3.56. The summed E-state index contributed by atoms with van der Waals surface area (Å²) in [5.74, 6) is 0. The normalized spacial score (nSPS) is 11.3. The highest BCUT2D eigenvalue weighted by Crippen LogP contribution is 2.22. The standard InChI is InChI=1S/C16H20N4/c1-19-14(7-10-18-19)8-11-20-12-13(6-9-17)15-4-2-3-5-16(15)20/h2-5,7,10,12H,6,8-9,11,17H2,1H3. The fourth-order valence-electron chi connectivity index (χ4n) is 2.74. The SMILES string of the molecule is Cn1nccc1CCn1cc(CCN)c2ccccc21. The smallest absolute Gasteiger partial charge is 0.0492 e. The zero-order valence-corrected chi connectivity index (χ0v) is 11.8. The number of nitrogens with two attached hydrogens (primary N) is 1. The van der Waals surface area contributed by atoms with Crippen LogP contribution in [0.2, 0.25) is 0 Å². The number of hydrogen-bond acceptors (Lipinski definition) is 2. The van der Waals surface area contributed by atoms with Gasteiger partial charge in [-0.2, -0.15) is 5.10 Å². The van der Waals surface area contributed by atoms with E-state index in [1.165, 1.54) is 22.2 Å². The molecule has 0 saturated carbocycles. The van der Waals surface area contributed by atoms with Crippen LogP contribution >= 0.6 is 0 Å². The number of aromatic nitrogens is 3. The first kappa shape index (κ1) is 12.9. The van der Waals surface area contributed by atoms with Crippen LogP contribution in [0.25, 0.3) is 10.9 Å². The second-order valence-electron chi connectivity index (χ2n) is 5.10. The Hall–Kier alpha value is -2.07. The van der Waals surface area contributed by atoms with Gasteiger partial charge in [-0.25, -0.2) is 0 Å². The van der Waals surface area contributed by atoms with Crippen molar-refractivity contribution in [3.8, 4) is 0 Å². The number of hydrogen-bond donors (Lipinski definition) is 1. The lowest BCUT2D eigenvalue weighted by atomic mass is 10.1. The van der Waals surface area contributed by atoms with Gasteiger partial charge in [-0.3, -0.25) is 4.68 Å². The maximum Gasteiger partial charge on any atom is 0.0492 e. The summed E-state index contributed by atoms with van der Waals surface area (Å²) in [6.07, 6.45) is 6.01. The van der Waals surface area contributed by atoms with Crippen LogP contribution < -0.4 is 5.73 Å². The van der Waals surface area contributed by atoms with Gasteiger partial charge in [0, 0.05) is 49.0 Å². The summed E-state index contributed by atoms with van der Waals surface area (Å²) in [6.45, 7) is 1.65. The molecule has 4 nitrogen and oxygen atoms in total. The van der Waals surface area contributed by atoms with Crippen molar-refractivity contribution >= 4 is 10.9 Å². The van der Waals surface area contributed by atoms with Gasteiger partial charge in [-0.05, 0) is 30.7 Å². The van der Waals surface area contributed by atoms with E-state index in [2.05, 4.69) is 46.2 Å². The Balaban J connectivity index is 1.89. The molecule has 0 spiro atoms. The number of benzene rings is 1. The molecule has 4 heteroatoms. The third-order valence-corrected chi connectivity index (χ3v) is 3.82. The first-order valence-electron chi connectivity index (χ1n) is 7.03. The minimum atomic E-state index is 0.690. The highest BCUT2D eigenvalue weighted by molar-refractivity contribution is 5.84. The lowest BCUT2D eigenvalue weighted by molar-refractivity contribution is 0.648. The molecule has 2 aromatic heterocycles. The maximum absolute atomic E-state index is 5.71. The predicted molar refractivity (Wildman–Crippen MR) is 81.6 cm³/mol. The molecule has 20 heavy (non-hydrogen) atoms. The summed E-state index contributed by atoms with van der Waals surface area (Å²) in [5.41, 5.74) is 9.59. The van der Waals surface area contributed by atoms with Gasteiger partial charge in [0.1, 0.15) is 0 Å². The minimum Gasteiger partial charge on any atom is -0.347 e. The third-order valence-electron chi connectivity index (χ3n) is 3.82. The van der Waals surface area contributed by atoms with Gasteiger partial charge in [0.05, 0.1) is 0 Å². The molecule has 3 aromatic rings. The highest BCUT2D eigenvalue weighted by atomic mass is 15.3. The van der Waals surface area contributed by atoms with Crippen LogP contribution in [-0.2, 0) is 26.4 Å². The van der Waals surface area contributed by atoms with Crippen LogP contribution in [0.5, 0.6) is 0 Å². The molecule has 0 atom stereocenters. The summed E-state index contributed by atoms with van der Waals surface area (Å²) < 4.78 is 4.26. The summed E-state index contributed by atoms with van der Waals surface area (Å²) in [6, 6.07) is 10.6. The average Bonchev–Trinajstić information content (AvgIpc) is 3.02. The molecule has 3 rings (SSSR count). The summed E-state index contributed by atoms with van der Waals surface area (Å²) in [5, 5.41) is 5.54. The zero-order chi connectivity index (χ0) is 13.9. The van der Waals surface area contributed by atoms with Crippen molar-refractivity contribution in [2.45, 2.75) is 19.4 Å². The predicted octanol–water partition coefficient (Wildman–Crippen LogP) is 2.12. The molecular weight excluding hydrogens is 248 g/mol.